The van der Waals surface area contributed by atoms with Gasteiger partial charge in [0.05, 0.1) is 6.61 Å². The van der Waals surface area contributed by atoms with Gasteiger partial charge in [-0.3, -0.25) is 0 Å². The van der Waals surface area contributed by atoms with E-state index in [1.807, 2.05) is 54.6 Å². The standard InChI is InChI=1S/C20H27NO2/c1-2-3-4-8-15-22-20-13-9-10-18(17-20)21-14-16-23-19-11-6-5-7-12-19/h5-7,9-13,17,21H,2-4,8,14-16H2,1H3. The number of hydrogen-bond donors (Lipinski definition) is 1. The number of unbranched alkanes of at least 4 members (excludes halogenated alkanes) is 3. The lowest BCUT2D eigenvalue weighted by molar-refractivity contribution is 0.305. The molecule has 2 aromatic rings. The first-order valence-electron chi connectivity index (χ1n) is 8.53. The predicted octanol–water partition coefficient (Wildman–Crippen LogP) is 5.14. The van der Waals surface area contributed by atoms with E-state index in [0.29, 0.717) is 6.61 Å². The van der Waals surface area contributed by atoms with Gasteiger partial charge >= 0.3 is 0 Å². The topological polar surface area (TPSA) is 30.5 Å². The average molecular weight is 313 g/mol. The zero-order valence-corrected chi connectivity index (χ0v) is 14.0. The van der Waals surface area contributed by atoms with Crippen LogP contribution in [0.2, 0.25) is 0 Å². The lowest BCUT2D eigenvalue weighted by Crippen LogP contribution is -2.11. The number of anilines is 1. The van der Waals surface area contributed by atoms with Crippen LogP contribution in [0.1, 0.15) is 32.6 Å². The first-order valence-corrected chi connectivity index (χ1v) is 8.53. The summed E-state index contributed by atoms with van der Waals surface area (Å²) in [6.07, 6.45) is 4.90. The molecule has 0 spiro atoms. The summed E-state index contributed by atoms with van der Waals surface area (Å²) in [4.78, 5) is 0. The Labute approximate surface area is 139 Å². The van der Waals surface area contributed by atoms with Gasteiger partial charge in [0.2, 0.25) is 0 Å². The molecule has 2 aromatic carbocycles. The molecule has 0 radical (unpaired) electrons. The average Bonchev–Trinajstić information content (AvgIpc) is 2.60. The zero-order chi connectivity index (χ0) is 16.2. The molecule has 2 rings (SSSR count). The Bertz CT molecular complexity index is 542. The lowest BCUT2D eigenvalue weighted by atomic mass is 10.2. The molecule has 23 heavy (non-hydrogen) atoms. The van der Waals surface area contributed by atoms with E-state index < -0.39 is 0 Å². The van der Waals surface area contributed by atoms with Crippen LogP contribution in [0.4, 0.5) is 5.69 Å². The fraction of sp³-hybridized carbons (Fsp3) is 0.400. The monoisotopic (exact) mass is 313 g/mol. The molecule has 0 amide bonds. The lowest BCUT2D eigenvalue weighted by Gasteiger charge is -2.11. The molecule has 0 aliphatic carbocycles. The fourth-order valence-electron chi connectivity index (χ4n) is 2.30. The van der Waals surface area contributed by atoms with Crippen molar-refractivity contribution >= 4 is 5.69 Å². The smallest absolute Gasteiger partial charge is 0.121 e. The molecule has 1 N–H and O–H groups in total. The zero-order valence-electron chi connectivity index (χ0n) is 14.0. The molecule has 0 aromatic heterocycles. The van der Waals surface area contributed by atoms with Gasteiger partial charge in [-0.25, -0.2) is 0 Å². The molecule has 0 aliphatic rings. The van der Waals surface area contributed by atoms with E-state index in [4.69, 9.17) is 9.47 Å². The van der Waals surface area contributed by atoms with Gasteiger partial charge in [-0.2, -0.15) is 0 Å². The Morgan fingerprint density at radius 1 is 0.783 bits per heavy atom. The van der Waals surface area contributed by atoms with Crippen molar-refractivity contribution in [1.82, 2.24) is 0 Å². The minimum Gasteiger partial charge on any atom is -0.494 e. The molecule has 3 nitrogen and oxygen atoms in total. The van der Waals surface area contributed by atoms with E-state index >= 15 is 0 Å². The van der Waals surface area contributed by atoms with Crippen molar-refractivity contribution in [3.63, 3.8) is 0 Å². The quantitative estimate of drug-likeness (QED) is 0.583. The third kappa shape index (κ3) is 7.09. The largest absolute Gasteiger partial charge is 0.494 e. The SMILES string of the molecule is CCCCCCOc1cccc(NCCOc2ccccc2)c1. The van der Waals surface area contributed by atoms with Crippen LogP contribution in [0.15, 0.2) is 54.6 Å². The minimum absolute atomic E-state index is 0.631. The Morgan fingerprint density at radius 3 is 2.39 bits per heavy atom. The third-order valence-electron chi connectivity index (χ3n) is 3.54. The van der Waals surface area contributed by atoms with Crippen LogP contribution in [0.3, 0.4) is 0 Å². The van der Waals surface area contributed by atoms with Gasteiger partial charge in [-0.15, -0.1) is 0 Å². The van der Waals surface area contributed by atoms with E-state index in [1.165, 1.54) is 19.3 Å². The van der Waals surface area contributed by atoms with Crippen LogP contribution >= 0.6 is 0 Å². The van der Waals surface area contributed by atoms with Crippen LogP contribution in [-0.2, 0) is 0 Å². The molecule has 124 valence electrons. The molecule has 0 bridgehead atoms. The second-order valence-corrected chi connectivity index (χ2v) is 5.53. The Kier molecular flexibility index (Phi) is 7.89. The molecule has 0 atom stereocenters. The number of benzene rings is 2. The third-order valence-corrected chi connectivity index (χ3v) is 3.54. The number of nitrogens with one attached hydrogen (secondary N) is 1. The van der Waals surface area contributed by atoms with Gasteiger partial charge in [-0.05, 0) is 30.7 Å². The first-order chi connectivity index (χ1) is 11.4. The summed E-state index contributed by atoms with van der Waals surface area (Å²) in [5, 5.41) is 3.36. The van der Waals surface area contributed by atoms with Crippen LogP contribution < -0.4 is 14.8 Å². The summed E-state index contributed by atoms with van der Waals surface area (Å²) in [7, 11) is 0. The van der Waals surface area contributed by atoms with Crippen molar-refractivity contribution in [2.24, 2.45) is 0 Å². The first kappa shape index (κ1) is 17.2. The number of hydrogen-bond acceptors (Lipinski definition) is 3. The van der Waals surface area contributed by atoms with Gasteiger partial charge in [0.15, 0.2) is 0 Å². The fourth-order valence-corrected chi connectivity index (χ4v) is 2.30. The van der Waals surface area contributed by atoms with Crippen LogP contribution in [-0.4, -0.2) is 19.8 Å². The van der Waals surface area contributed by atoms with Crippen molar-refractivity contribution in [2.45, 2.75) is 32.6 Å². The number of ether oxygens (including phenoxy) is 2. The van der Waals surface area contributed by atoms with Gasteiger partial charge in [0.25, 0.3) is 0 Å². The maximum atomic E-state index is 5.80. The second kappa shape index (κ2) is 10.5. The number of rotatable bonds is 11. The van der Waals surface area contributed by atoms with E-state index in [2.05, 4.69) is 12.2 Å². The molecule has 0 fully saturated rings. The molecule has 0 heterocycles. The van der Waals surface area contributed by atoms with Crippen molar-refractivity contribution in [3.8, 4) is 11.5 Å². The van der Waals surface area contributed by atoms with Crippen LogP contribution in [0.5, 0.6) is 11.5 Å². The van der Waals surface area contributed by atoms with Crippen LogP contribution in [0.25, 0.3) is 0 Å². The summed E-state index contributed by atoms with van der Waals surface area (Å²) in [5.41, 5.74) is 1.06. The minimum atomic E-state index is 0.631. The highest BCUT2D eigenvalue weighted by atomic mass is 16.5. The van der Waals surface area contributed by atoms with E-state index in [-0.39, 0.29) is 0 Å². The van der Waals surface area contributed by atoms with Gasteiger partial charge in [-0.1, -0.05) is 50.5 Å². The van der Waals surface area contributed by atoms with Crippen molar-refractivity contribution in [2.75, 3.05) is 25.1 Å². The Balaban J connectivity index is 1.66. The van der Waals surface area contributed by atoms with Gasteiger partial charge < -0.3 is 14.8 Å². The summed E-state index contributed by atoms with van der Waals surface area (Å²) in [5.74, 6) is 1.83. The Morgan fingerprint density at radius 2 is 1.57 bits per heavy atom. The molecule has 0 saturated carbocycles. The van der Waals surface area contributed by atoms with Crippen LogP contribution in [0, 0.1) is 0 Å². The van der Waals surface area contributed by atoms with Crippen molar-refractivity contribution in [3.05, 3.63) is 54.6 Å². The molecule has 3 heteroatoms. The van der Waals surface area contributed by atoms with E-state index in [9.17, 15) is 0 Å². The maximum absolute atomic E-state index is 5.80. The second-order valence-electron chi connectivity index (χ2n) is 5.53. The molecular formula is C20H27NO2. The molecule has 0 unspecified atom stereocenters. The van der Waals surface area contributed by atoms with Crippen molar-refractivity contribution in [1.29, 1.82) is 0 Å². The Hall–Kier alpha value is -2.16. The summed E-state index contributed by atoms with van der Waals surface area (Å²) in [6, 6.07) is 18.0. The highest BCUT2D eigenvalue weighted by Crippen LogP contribution is 2.17. The maximum Gasteiger partial charge on any atom is 0.121 e. The predicted molar refractivity (Wildman–Crippen MR) is 96.5 cm³/mol. The summed E-state index contributed by atoms with van der Waals surface area (Å²) in [6.45, 7) is 4.40. The van der Waals surface area contributed by atoms with Gasteiger partial charge in [0.1, 0.15) is 18.1 Å². The van der Waals surface area contributed by atoms with E-state index in [1.54, 1.807) is 0 Å². The van der Waals surface area contributed by atoms with Gasteiger partial charge in [0, 0.05) is 18.3 Å². The molecular weight excluding hydrogens is 286 g/mol. The van der Waals surface area contributed by atoms with Crippen molar-refractivity contribution < 1.29 is 9.47 Å². The highest BCUT2D eigenvalue weighted by molar-refractivity contribution is 5.48. The highest BCUT2D eigenvalue weighted by Gasteiger charge is 1.98. The number of para-hydroxylation sites is 1. The summed E-state index contributed by atoms with van der Waals surface area (Å²) >= 11 is 0. The summed E-state index contributed by atoms with van der Waals surface area (Å²) < 4.78 is 11.5. The molecule has 0 aliphatic heterocycles. The molecule has 0 saturated heterocycles. The normalized spacial score (nSPS) is 10.3. The van der Waals surface area contributed by atoms with E-state index in [0.717, 1.165) is 36.8 Å².